The van der Waals surface area contributed by atoms with E-state index in [2.05, 4.69) is 10.3 Å². The molecule has 27 heavy (non-hydrogen) atoms. The van der Waals surface area contributed by atoms with Crippen LogP contribution in [0.2, 0.25) is 0 Å². The van der Waals surface area contributed by atoms with Gasteiger partial charge in [0.1, 0.15) is 5.82 Å². The number of H-pyrrole nitrogens is 1. The van der Waals surface area contributed by atoms with Crippen LogP contribution < -0.4 is 20.3 Å². The highest BCUT2D eigenvalue weighted by Gasteiger charge is 2.10. The van der Waals surface area contributed by atoms with Gasteiger partial charge in [0.05, 0.1) is 19.7 Å². The van der Waals surface area contributed by atoms with Crippen molar-refractivity contribution in [2.24, 2.45) is 0 Å². The molecular weight excluding hydrogens is 351 g/mol. The predicted molar refractivity (Wildman–Crippen MR) is 100 cm³/mol. The number of hydrogen-bond acceptors (Lipinski definition) is 4. The number of fused-ring (bicyclic) bond motifs is 1. The molecule has 2 aromatic carbocycles. The molecule has 0 bridgehead atoms. The molecule has 140 valence electrons. The Bertz CT molecular complexity index is 1030. The Labute approximate surface area is 154 Å². The molecule has 0 atom stereocenters. The van der Waals surface area contributed by atoms with E-state index in [1.807, 2.05) is 0 Å². The van der Waals surface area contributed by atoms with Crippen LogP contribution in [-0.4, -0.2) is 31.7 Å². The molecule has 0 saturated carbocycles. The Morgan fingerprint density at radius 3 is 2.41 bits per heavy atom. The topological polar surface area (TPSA) is 80.4 Å². The number of hydrogen-bond donors (Lipinski definition) is 2. The third-order valence-electron chi connectivity index (χ3n) is 4.21. The molecular formula is C20H19FN2O4. The van der Waals surface area contributed by atoms with Crippen molar-refractivity contribution < 1.29 is 18.7 Å². The number of carbonyl (C=O) groups excluding carboxylic acids is 1. The third-order valence-corrected chi connectivity index (χ3v) is 4.21. The zero-order valence-electron chi connectivity index (χ0n) is 15.0. The van der Waals surface area contributed by atoms with Crippen molar-refractivity contribution in [3.8, 4) is 11.5 Å². The van der Waals surface area contributed by atoms with Crippen molar-refractivity contribution in [1.82, 2.24) is 10.3 Å². The maximum atomic E-state index is 12.9. The summed E-state index contributed by atoms with van der Waals surface area (Å²) in [5, 5.41) is 3.52. The fourth-order valence-corrected chi connectivity index (χ4v) is 2.78. The molecule has 0 spiro atoms. The van der Waals surface area contributed by atoms with Crippen molar-refractivity contribution in [1.29, 1.82) is 0 Å². The van der Waals surface area contributed by atoms with Crippen molar-refractivity contribution in [2.75, 3.05) is 20.8 Å². The van der Waals surface area contributed by atoms with Gasteiger partial charge >= 0.3 is 0 Å². The number of halogens is 1. The van der Waals surface area contributed by atoms with E-state index in [-0.39, 0.29) is 18.0 Å². The van der Waals surface area contributed by atoms with Gasteiger partial charge in [-0.15, -0.1) is 0 Å². The predicted octanol–water partition coefficient (Wildman–Crippen LogP) is 2.66. The molecule has 1 heterocycles. The number of amides is 1. The summed E-state index contributed by atoms with van der Waals surface area (Å²) in [6.07, 6.45) is 0.354. The van der Waals surface area contributed by atoms with Gasteiger partial charge in [-0.25, -0.2) is 4.39 Å². The first-order valence-electron chi connectivity index (χ1n) is 8.33. The molecule has 0 fully saturated rings. The second-order valence-corrected chi connectivity index (χ2v) is 5.93. The summed E-state index contributed by atoms with van der Waals surface area (Å²) in [5.74, 6) is 0.368. The minimum atomic E-state index is -0.402. The lowest BCUT2D eigenvalue weighted by Gasteiger charge is -2.10. The smallest absolute Gasteiger partial charge is 0.251 e. The highest BCUT2D eigenvalue weighted by atomic mass is 19.1. The van der Waals surface area contributed by atoms with Gasteiger partial charge in [-0.1, -0.05) is 0 Å². The zero-order chi connectivity index (χ0) is 19.4. The lowest BCUT2D eigenvalue weighted by Crippen LogP contribution is -2.27. The number of rotatable bonds is 6. The Balaban J connectivity index is 1.74. The SMILES string of the molecule is COc1cc2cc(CCNC(=O)c3ccc(F)cc3)c(=O)[nH]c2cc1OC. The molecule has 2 N–H and O–H groups in total. The summed E-state index contributed by atoms with van der Waals surface area (Å²) < 4.78 is 23.4. The molecule has 6 nitrogen and oxygen atoms in total. The van der Waals surface area contributed by atoms with Gasteiger partial charge in [-0.05, 0) is 42.8 Å². The lowest BCUT2D eigenvalue weighted by atomic mass is 10.1. The van der Waals surface area contributed by atoms with Crippen LogP contribution in [0, 0.1) is 5.82 Å². The Hall–Kier alpha value is -3.35. The minimum absolute atomic E-state index is 0.231. The molecule has 0 saturated heterocycles. The third kappa shape index (κ3) is 4.08. The molecule has 0 aliphatic carbocycles. The van der Waals surface area contributed by atoms with E-state index in [1.54, 1.807) is 25.3 Å². The second-order valence-electron chi connectivity index (χ2n) is 5.93. The fraction of sp³-hybridized carbons (Fsp3) is 0.200. The van der Waals surface area contributed by atoms with Crippen molar-refractivity contribution in [3.63, 3.8) is 0 Å². The number of carbonyl (C=O) groups is 1. The van der Waals surface area contributed by atoms with Crippen LogP contribution in [0.3, 0.4) is 0 Å². The van der Waals surface area contributed by atoms with Crippen LogP contribution in [0.25, 0.3) is 10.9 Å². The molecule has 3 rings (SSSR count). The number of aromatic nitrogens is 1. The molecule has 0 aliphatic rings. The van der Waals surface area contributed by atoms with Gasteiger partial charge in [0.2, 0.25) is 0 Å². The number of aromatic amines is 1. The Morgan fingerprint density at radius 2 is 1.74 bits per heavy atom. The van der Waals surface area contributed by atoms with E-state index in [9.17, 15) is 14.0 Å². The van der Waals surface area contributed by atoms with Gasteiger partial charge in [0.15, 0.2) is 11.5 Å². The Kier molecular flexibility index (Phi) is 5.40. The van der Waals surface area contributed by atoms with Crippen LogP contribution in [0.1, 0.15) is 15.9 Å². The van der Waals surface area contributed by atoms with Crippen molar-refractivity contribution in [3.05, 3.63) is 69.8 Å². The summed E-state index contributed by atoms with van der Waals surface area (Å²) in [4.78, 5) is 27.2. The van der Waals surface area contributed by atoms with Gasteiger partial charge in [-0.3, -0.25) is 9.59 Å². The number of nitrogens with one attached hydrogen (secondary N) is 2. The Morgan fingerprint density at radius 1 is 1.07 bits per heavy atom. The van der Waals surface area contributed by atoms with E-state index in [0.29, 0.717) is 34.6 Å². The zero-order valence-corrected chi connectivity index (χ0v) is 15.0. The van der Waals surface area contributed by atoms with Crippen LogP contribution >= 0.6 is 0 Å². The van der Waals surface area contributed by atoms with Crippen LogP contribution in [0.15, 0.2) is 47.3 Å². The van der Waals surface area contributed by atoms with Crippen LogP contribution in [-0.2, 0) is 6.42 Å². The largest absolute Gasteiger partial charge is 0.493 e. The summed E-state index contributed by atoms with van der Waals surface area (Å²) in [5.41, 5.74) is 1.30. The molecule has 0 aliphatic heterocycles. The number of benzene rings is 2. The quantitative estimate of drug-likeness (QED) is 0.699. The first-order chi connectivity index (χ1) is 13.0. The minimum Gasteiger partial charge on any atom is -0.493 e. The number of methoxy groups -OCH3 is 2. The molecule has 0 unspecified atom stereocenters. The summed E-state index contributed by atoms with van der Waals surface area (Å²) in [6.45, 7) is 0.276. The number of ether oxygens (including phenoxy) is 2. The summed E-state index contributed by atoms with van der Waals surface area (Å²) in [7, 11) is 3.07. The van der Waals surface area contributed by atoms with Crippen molar-refractivity contribution >= 4 is 16.8 Å². The van der Waals surface area contributed by atoms with Gasteiger partial charge < -0.3 is 19.8 Å². The van der Waals surface area contributed by atoms with E-state index >= 15 is 0 Å². The first-order valence-corrected chi connectivity index (χ1v) is 8.33. The van der Waals surface area contributed by atoms with E-state index in [1.165, 1.54) is 31.4 Å². The van der Waals surface area contributed by atoms with Crippen LogP contribution in [0.4, 0.5) is 4.39 Å². The molecule has 7 heteroatoms. The van der Waals surface area contributed by atoms with E-state index in [4.69, 9.17) is 9.47 Å². The first kappa shape index (κ1) is 18.4. The molecule has 0 radical (unpaired) electrons. The molecule has 1 amide bonds. The van der Waals surface area contributed by atoms with E-state index < -0.39 is 5.82 Å². The lowest BCUT2D eigenvalue weighted by molar-refractivity contribution is 0.0954. The highest BCUT2D eigenvalue weighted by molar-refractivity contribution is 5.94. The monoisotopic (exact) mass is 370 g/mol. The average molecular weight is 370 g/mol. The van der Waals surface area contributed by atoms with E-state index in [0.717, 1.165) is 5.39 Å². The standard InChI is InChI=1S/C20H19FN2O4/c1-26-17-10-14-9-13(20(25)23-16(14)11-18(17)27-2)7-8-22-19(24)12-3-5-15(21)6-4-12/h3-6,9-11H,7-8H2,1-2H3,(H,22,24)(H,23,25). The summed E-state index contributed by atoms with van der Waals surface area (Å²) >= 11 is 0. The number of pyridine rings is 1. The average Bonchev–Trinajstić information content (AvgIpc) is 2.67. The fourth-order valence-electron chi connectivity index (χ4n) is 2.78. The highest BCUT2D eigenvalue weighted by Crippen LogP contribution is 2.31. The van der Waals surface area contributed by atoms with Crippen LogP contribution in [0.5, 0.6) is 11.5 Å². The maximum Gasteiger partial charge on any atom is 0.251 e. The second kappa shape index (κ2) is 7.90. The van der Waals surface area contributed by atoms with Gasteiger partial charge in [-0.2, -0.15) is 0 Å². The summed E-state index contributed by atoms with van der Waals surface area (Å²) in [6, 6.07) is 10.5. The normalized spacial score (nSPS) is 10.6. The maximum absolute atomic E-state index is 12.9. The van der Waals surface area contributed by atoms with Gasteiger partial charge in [0.25, 0.3) is 11.5 Å². The molecule has 1 aromatic heterocycles. The van der Waals surface area contributed by atoms with Crippen molar-refractivity contribution in [2.45, 2.75) is 6.42 Å². The molecule has 3 aromatic rings. The van der Waals surface area contributed by atoms with Gasteiger partial charge in [0, 0.05) is 29.1 Å².